The maximum absolute atomic E-state index is 13.2. The van der Waals surface area contributed by atoms with E-state index in [1.165, 1.54) is 16.7 Å². The Morgan fingerprint density at radius 2 is 1.84 bits per heavy atom. The maximum Gasteiger partial charge on any atom is 0.322 e. The number of tetrazole rings is 1. The smallest absolute Gasteiger partial charge is 0.319 e. The molecule has 1 aliphatic heterocycles. The van der Waals surface area contributed by atoms with Crippen LogP contribution in [-0.4, -0.2) is 37.7 Å². The third-order valence-electron chi connectivity index (χ3n) is 5.74. The molecule has 0 aliphatic carbocycles. The minimum atomic E-state index is -0.123. The van der Waals surface area contributed by atoms with Gasteiger partial charge in [0.2, 0.25) is 0 Å². The van der Waals surface area contributed by atoms with E-state index >= 15 is 0 Å². The first-order chi connectivity index (χ1) is 15.2. The van der Waals surface area contributed by atoms with Crippen LogP contribution in [-0.2, 0) is 6.54 Å². The zero-order valence-electron chi connectivity index (χ0n) is 17.1. The molecule has 5 rings (SSSR count). The Morgan fingerprint density at radius 3 is 2.65 bits per heavy atom. The van der Waals surface area contributed by atoms with Gasteiger partial charge in [-0.2, -0.15) is 0 Å². The van der Waals surface area contributed by atoms with Crippen LogP contribution in [0.2, 0.25) is 0 Å². The number of hydrogen-bond acceptors (Lipinski definition) is 4. The van der Waals surface area contributed by atoms with Crippen molar-refractivity contribution in [1.29, 1.82) is 0 Å². The van der Waals surface area contributed by atoms with Gasteiger partial charge in [-0.25, -0.2) is 9.48 Å². The van der Waals surface area contributed by atoms with Gasteiger partial charge in [0.05, 0.1) is 5.69 Å². The van der Waals surface area contributed by atoms with E-state index < -0.39 is 0 Å². The second-order valence-corrected chi connectivity index (χ2v) is 7.73. The molecule has 3 aromatic carbocycles. The molecule has 31 heavy (non-hydrogen) atoms. The van der Waals surface area contributed by atoms with Crippen molar-refractivity contribution >= 4 is 11.7 Å². The Hall–Kier alpha value is -4.00. The fourth-order valence-corrected chi connectivity index (χ4v) is 4.14. The summed E-state index contributed by atoms with van der Waals surface area (Å²) in [6.45, 7) is 3.18. The van der Waals surface area contributed by atoms with E-state index in [1.807, 2.05) is 54.3 Å². The normalized spacial score (nSPS) is 15.4. The van der Waals surface area contributed by atoms with Crippen molar-refractivity contribution in [2.24, 2.45) is 0 Å². The zero-order valence-corrected chi connectivity index (χ0v) is 17.1. The van der Waals surface area contributed by atoms with Crippen LogP contribution in [0.1, 0.15) is 28.2 Å². The van der Waals surface area contributed by atoms with Gasteiger partial charge in [0.25, 0.3) is 0 Å². The van der Waals surface area contributed by atoms with E-state index in [1.54, 1.807) is 11.0 Å². The molecule has 4 aromatic rings. The molecule has 2 amide bonds. The standard InChI is InChI=1S/C24H22N6O/c1-17-11-12-20(13-23(17)30-16-25-27-28-30)26-24(31)29-14-19-9-5-6-10-21(19)22(15-29)18-7-3-2-4-8-18/h2-13,16,22H,14-15H2,1H3,(H,26,31). The second-order valence-electron chi connectivity index (χ2n) is 7.73. The van der Waals surface area contributed by atoms with E-state index in [4.69, 9.17) is 0 Å². The summed E-state index contributed by atoms with van der Waals surface area (Å²) >= 11 is 0. The second kappa shape index (κ2) is 8.02. The molecule has 0 radical (unpaired) electrons. The molecule has 0 saturated carbocycles. The molecule has 0 fully saturated rings. The molecule has 1 N–H and O–H groups in total. The molecule has 1 aliphatic rings. The van der Waals surface area contributed by atoms with Crippen molar-refractivity contribution in [1.82, 2.24) is 25.1 Å². The van der Waals surface area contributed by atoms with Crippen LogP contribution in [0.25, 0.3) is 5.69 Å². The van der Waals surface area contributed by atoms with Crippen molar-refractivity contribution in [3.63, 3.8) is 0 Å². The van der Waals surface area contributed by atoms with Crippen molar-refractivity contribution < 1.29 is 4.79 Å². The number of amides is 2. The molecule has 2 heterocycles. The van der Waals surface area contributed by atoms with E-state index in [2.05, 4.69) is 51.2 Å². The number of rotatable bonds is 3. The summed E-state index contributed by atoms with van der Waals surface area (Å²) in [4.78, 5) is 15.1. The average Bonchev–Trinajstić information content (AvgIpc) is 3.35. The number of carbonyl (C=O) groups is 1. The lowest BCUT2D eigenvalue weighted by Crippen LogP contribution is -2.41. The Morgan fingerprint density at radius 1 is 1.03 bits per heavy atom. The minimum absolute atomic E-state index is 0.123. The molecular weight excluding hydrogens is 388 g/mol. The Bertz CT molecular complexity index is 1210. The summed E-state index contributed by atoms with van der Waals surface area (Å²) in [7, 11) is 0. The van der Waals surface area contributed by atoms with Crippen LogP contribution < -0.4 is 5.32 Å². The number of nitrogens with zero attached hydrogens (tertiary/aromatic N) is 5. The van der Waals surface area contributed by atoms with E-state index in [9.17, 15) is 4.79 Å². The fourth-order valence-electron chi connectivity index (χ4n) is 4.14. The largest absolute Gasteiger partial charge is 0.322 e. The summed E-state index contributed by atoms with van der Waals surface area (Å²) in [6.07, 6.45) is 1.54. The molecule has 7 heteroatoms. The summed E-state index contributed by atoms with van der Waals surface area (Å²) in [5, 5.41) is 14.4. The molecule has 0 spiro atoms. The maximum atomic E-state index is 13.2. The summed E-state index contributed by atoms with van der Waals surface area (Å²) in [5.41, 5.74) is 6.22. The monoisotopic (exact) mass is 410 g/mol. The van der Waals surface area contributed by atoms with Crippen molar-refractivity contribution in [2.75, 3.05) is 11.9 Å². The fraction of sp³-hybridized carbons (Fsp3) is 0.167. The van der Waals surface area contributed by atoms with E-state index in [-0.39, 0.29) is 11.9 Å². The molecule has 0 saturated heterocycles. The highest BCUT2D eigenvalue weighted by atomic mass is 16.2. The summed E-state index contributed by atoms with van der Waals surface area (Å²) < 4.78 is 1.59. The minimum Gasteiger partial charge on any atom is -0.319 e. The van der Waals surface area contributed by atoms with Gasteiger partial charge in [-0.15, -0.1) is 5.10 Å². The molecule has 154 valence electrons. The summed E-state index contributed by atoms with van der Waals surface area (Å²) in [6, 6.07) is 24.3. The topological polar surface area (TPSA) is 75.9 Å². The number of urea groups is 1. The SMILES string of the molecule is Cc1ccc(NC(=O)N2Cc3ccccc3C(c3ccccc3)C2)cc1-n1cnnn1. The number of aryl methyl sites for hydroxylation is 1. The zero-order chi connectivity index (χ0) is 21.2. The highest BCUT2D eigenvalue weighted by Gasteiger charge is 2.29. The first kappa shape index (κ1) is 19.0. The first-order valence-corrected chi connectivity index (χ1v) is 10.2. The predicted molar refractivity (Wildman–Crippen MR) is 118 cm³/mol. The van der Waals surface area contributed by atoms with Gasteiger partial charge in [0.1, 0.15) is 6.33 Å². The Labute approximate surface area is 180 Å². The van der Waals surface area contributed by atoms with Crippen LogP contribution in [0.4, 0.5) is 10.5 Å². The Balaban J connectivity index is 1.41. The van der Waals surface area contributed by atoms with Crippen LogP contribution >= 0.6 is 0 Å². The number of hydrogen-bond donors (Lipinski definition) is 1. The van der Waals surface area contributed by atoms with Crippen LogP contribution in [0.5, 0.6) is 0 Å². The van der Waals surface area contributed by atoms with Crippen molar-refractivity contribution in [2.45, 2.75) is 19.4 Å². The molecule has 1 aromatic heterocycles. The number of anilines is 1. The van der Waals surface area contributed by atoms with Gasteiger partial charge in [-0.1, -0.05) is 60.7 Å². The van der Waals surface area contributed by atoms with Gasteiger partial charge in [-0.05, 0) is 51.7 Å². The lowest BCUT2D eigenvalue weighted by atomic mass is 9.85. The third kappa shape index (κ3) is 3.77. The average molecular weight is 410 g/mol. The number of carbonyl (C=O) groups excluding carboxylic acids is 1. The summed E-state index contributed by atoms with van der Waals surface area (Å²) in [5.74, 6) is 0.145. The number of benzene rings is 3. The molecular formula is C24H22N6O. The highest BCUT2D eigenvalue weighted by molar-refractivity contribution is 5.90. The molecule has 0 bridgehead atoms. The lowest BCUT2D eigenvalue weighted by molar-refractivity contribution is 0.203. The van der Waals surface area contributed by atoms with Gasteiger partial charge < -0.3 is 10.2 Å². The van der Waals surface area contributed by atoms with Gasteiger partial charge in [-0.3, -0.25) is 0 Å². The molecule has 1 unspecified atom stereocenters. The first-order valence-electron chi connectivity index (χ1n) is 10.2. The third-order valence-corrected chi connectivity index (χ3v) is 5.74. The van der Waals surface area contributed by atoms with E-state index in [0.717, 1.165) is 11.3 Å². The van der Waals surface area contributed by atoms with Crippen LogP contribution in [0, 0.1) is 6.92 Å². The molecule has 7 nitrogen and oxygen atoms in total. The van der Waals surface area contributed by atoms with Gasteiger partial charge >= 0.3 is 6.03 Å². The molecule has 1 atom stereocenters. The quantitative estimate of drug-likeness (QED) is 0.551. The lowest BCUT2D eigenvalue weighted by Gasteiger charge is -2.35. The number of aromatic nitrogens is 4. The number of nitrogens with one attached hydrogen (secondary N) is 1. The van der Waals surface area contributed by atoms with Crippen LogP contribution in [0.3, 0.4) is 0 Å². The van der Waals surface area contributed by atoms with Crippen molar-refractivity contribution in [3.05, 3.63) is 101 Å². The van der Waals surface area contributed by atoms with Crippen molar-refractivity contribution in [3.8, 4) is 5.69 Å². The highest BCUT2D eigenvalue weighted by Crippen LogP contribution is 2.33. The van der Waals surface area contributed by atoms with Crippen LogP contribution in [0.15, 0.2) is 79.1 Å². The number of fused-ring (bicyclic) bond motifs is 1. The predicted octanol–water partition coefficient (Wildman–Crippen LogP) is 4.15. The van der Waals surface area contributed by atoms with E-state index in [0.29, 0.717) is 18.8 Å². The van der Waals surface area contributed by atoms with Gasteiger partial charge in [0, 0.05) is 24.7 Å². The van der Waals surface area contributed by atoms with Gasteiger partial charge in [0.15, 0.2) is 0 Å². The Kier molecular flexibility index (Phi) is 4.92.